The van der Waals surface area contributed by atoms with Crippen molar-refractivity contribution in [3.8, 4) is 11.5 Å². The highest BCUT2D eigenvalue weighted by molar-refractivity contribution is 7.08. The molecule has 2 aliphatic rings. The smallest absolute Gasteiger partial charge is 0.248 e. The summed E-state index contributed by atoms with van der Waals surface area (Å²) >= 11 is 1.58. The first-order valence-corrected chi connectivity index (χ1v) is 9.69. The number of hydrogen-bond donors (Lipinski definition) is 1. The molecule has 134 valence electrons. The topological polar surface area (TPSA) is 80.5 Å². The van der Waals surface area contributed by atoms with Gasteiger partial charge in [-0.25, -0.2) is 0 Å². The van der Waals surface area contributed by atoms with Crippen molar-refractivity contribution >= 4 is 17.2 Å². The Morgan fingerprint density at radius 2 is 2.32 bits per heavy atom. The van der Waals surface area contributed by atoms with Gasteiger partial charge in [-0.3, -0.25) is 9.69 Å². The fraction of sp³-hybridized carbons (Fsp3) is 0.588. The first-order chi connectivity index (χ1) is 12.3. The Balaban J connectivity index is 1.19. The van der Waals surface area contributed by atoms with Gasteiger partial charge in [-0.15, -0.1) is 10.2 Å². The summed E-state index contributed by atoms with van der Waals surface area (Å²) in [5.41, 5.74) is 0.919. The molecule has 1 N–H and O–H groups in total. The Morgan fingerprint density at radius 3 is 3.12 bits per heavy atom. The van der Waals surface area contributed by atoms with E-state index >= 15 is 0 Å². The lowest BCUT2D eigenvalue weighted by Gasteiger charge is -2.33. The Morgan fingerprint density at radius 1 is 1.40 bits per heavy atom. The Labute approximate surface area is 150 Å². The van der Waals surface area contributed by atoms with Crippen LogP contribution < -0.4 is 5.32 Å². The number of nitrogens with zero attached hydrogens (tertiary/aromatic N) is 3. The minimum absolute atomic E-state index is 0.0116. The second kappa shape index (κ2) is 7.63. The summed E-state index contributed by atoms with van der Waals surface area (Å²) in [6, 6.07) is 2.68. The van der Waals surface area contributed by atoms with E-state index in [0.29, 0.717) is 31.2 Å². The monoisotopic (exact) mass is 362 g/mol. The van der Waals surface area contributed by atoms with Gasteiger partial charge in [0.15, 0.2) is 0 Å². The zero-order valence-corrected chi connectivity index (χ0v) is 14.8. The van der Waals surface area contributed by atoms with Gasteiger partial charge in [0, 0.05) is 49.5 Å². The third-order valence-electron chi connectivity index (χ3n) is 4.56. The molecule has 1 saturated heterocycles. The van der Waals surface area contributed by atoms with Gasteiger partial charge in [0.2, 0.25) is 17.7 Å². The molecule has 1 amide bonds. The van der Waals surface area contributed by atoms with Crippen LogP contribution in [0.1, 0.15) is 25.2 Å². The Bertz CT molecular complexity index is 699. The number of aryl methyl sites for hydroxylation is 1. The SMILES string of the molecule is O=C(CCc1nnc(-c2ccsc2)o1)NCC1CN(C2CC2)CCO1. The predicted molar refractivity (Wildman–Crippen MR) is 93.3 cm³/mol. The van der Waals surface area contributed by atoms with Gasteiger partial charge in [0.1, 0.15) is 0 Å². The van der Waals surface area contributed by atoms with Gasteiger partial charge >= 0.3 is 0 Å². The normalized spacial score (nSPS) is 21.4. The van der Waals surface area contributed by atoms with Gasteiger partial charge < -0.3 is 14.5 Å². The molecule has 0 radical (unpaired) electrons. The number of nitrogens with one attached hydrogen (secondary N) is 1. The summed E-state index contributed by atoms with van der Waals surface area (Å²) in [4.78, 5) is 14.5. The average molecular weight is 362 g/mol. The van der Waals surface area contributed by atoms with Crippen LogP contribution in [0.4, 0.5) is 0 Å². The predicted octanol–water partition coefficient (Wildman–Crippen LogP) is 1.71. The summed E-state index contributed by atoms with van der Waals surface area (Å²) in [7, 11) is 0. The number of aromatic nitrogens is 2. The van der Waals surface area contributed by atoms with Crippen molar-refractivity contribution in [2.75, 3.05) is 26.2 Å². The molecular weight excluding hydrogens is 340 g/mol. The molecule has 2 aromatic heterocycles. The fourth-order valence-electron chi connectivity index (χ4n) is 3.03. The standard InChI is InChI=1S/C17H22N4O3S/c22-15(18-9-14-10-21(6-7-23-14)13-1-2-13)3-4-16-19-20-17(24-16)12-5-8-25-11-12/h5,8,11,13-14H,1-4,6-7,9-10H2,(H,18,22). The third kappa shape index (κ3) is 4.45. The number of ether oxygens (including phenoxy) is 1. The fourth-order valence-corrected chi connectivity index (χ4v) is 3.66. The Hall–Kier alpha value is -1.77. The number of carbonyl (C=O) groups is 1. The van der Waals surface area contributed by atoms with Crippen LogP contribution in [0.25, 0.3) is 11.5 Å². The van der Waals surface area contributed by atoms with Crippen LogP contribution in [-0.4, -0.2) is 59.4 Å². The number of amides is 1. The number of thiophene rings is 1. The zero-order chi connectivity index (χ0) is 17.1. The quantitative estimate of drug-likeness (QED) is 0.808. The van der Waals surface area contributed by atoms with Crippen LogP contribution in [0.5, 0.6) is 0 Å². The molecule has 1 atom stereocenters. The van der Waals surface area contributed by atoms with Crippen molar-refractivity contribution in [1.29, 1.82) is 0 Å². The van der Waals surface area contributed by atoms with Crippen molar-refractivity contribution < 1.29 is 13.9 Å². The maximum absolute atomic E-state index is 12.1. The van der Waals surface area contributed by atoms with Crippen LogP contribution in [0.15, 0.2) is 21.2 Å². The summed E-state index contributed by atoms with van der Waals surface area (Å²) in [5.74, 6) is 0.986. The third-order valence-corrected chi connectivity index (χ3v) is 5.24. The van der Waals surface area contributed by atoms with Gasteiger partial charge in [0.05, 0.1) is 12.7 Å². The van der Waals surface area contributed by atoms with Crippen molar-refractivity contribution in [2.45, 2.75) is 37.8 Å². The molecule has 0 bridgehead atoms. The minimum Gasteiger partial charge on any atom is -0.421 e. The molecule has 25 heavy (non-hydrogen) atoms. The molecule has 7 nitrogen and oxygen atoms in total. The summed E-state index contributed by atoms with van der Waals surface area (Å²) in [5, 5.41) is 14.9. The molecule has 1 aliphatic carbocycles. The maximum atomic E-state index is 12.1. The van der Waals surface area contributed by atoms with E-state index < -0.39 is 0 Å². The molecule has 1 saturated carbocycles. The van der Waals surface area contributed by atoms with Crippen molar-refractivity contribution in [3.63, 3.8) is 0 Å². The molecule has 2 fully saturated rings. The molecule has 0 aromatic carbocycles. The molecule has 0 spiro atoms. The highest BCUT2D eigenvalue weighted by atomic mass is 32.1. The summed E-state index contributed by atoms with van der Waals surface area (Å²) in [6.45, 7) is 3.24. The van der Waals surface area contributed by atoms with Gasteiger partial charge in [-0.1, -0.05) is 0 Å². The number of morpholine rings is 1. The number of rotatable bonds is 7. The highest BCUT2D eigenvalue weighted by Gasteiger charge is 2.32. The van der Waals surface area contributed by atoms with E-state index in [-0.39, 0.29) is 12.0 Å². The maximum Gasteiger partial charge on any atom is 0.248 e. The van der Waals surface area contributed by atoms with Crippen LogP contribution in [0.3, 0.4) is 0 Å². The zero-order valence-electron chi connectivity index (χ0n) is 14.0. The van der Waals surface area contributed by atoms with E-state index in [1.54, 1.807) is 11.3 Å². The van der Waals surface area contributed by atoms with Gasteiger partial charge in [-0.05, 0) is 24.3 Å². The highest BCUT2D eigenvalue weighted by Crippen LogP contribution is 2.28. The lowest BCUT2D eigenvalue weighted by atomic mass is 10.2. The van der Waals surface area contributed by atoms with Gasteiger partial charge in [0.25, 0.3) is 0 Å². The number of hydrogen-bond acceptors (Lipinski definition) is 7. The first kappa shape index (κ1) is 16.7. The van der Waals surface area contributed by atoms with E-state index in [9.17, 15) is 4.79 Å². The van der Waals surface area contributed by atoms with Crippen molar-refractivity contribution in [1.82, 2.24) is 20.4 Å². The van der Waals surface area contributed by atoms with Crippen LogP contribution in [-0.2, 0) is 16.0 Å². The van der Waals surface area contributed by atoms with Crippen molar-refractivity contribution in [2.24, 2.45) is 0 Å². The molecular formula is C17H22N4O3S. The van der Waals surface area contributed by atoms with E-state index in [2.05, 4.69) is 20.4 Å². The molecule has 3 heterocycles. The van der Waals surface area contributed by atoms with Gasteiger partial charge in [-0.2, -0.15) is 11.3 Å². The lowest BCUT2D eigenvalue weighted by Crippen LogP contribution is -2.48. The summed E-state index contributed by atoms with van der Waals surface area (Å²) < 4.78 is 11.3. The molecule has 1 unspecified atom stereocenters. The molecule has 2 aromatic rings. The largest absolute Gasteiger partial charge is 0.421 e. The van der Waals surface area contributed by atoms with E-state index in [0.717, 1.165) is 31.3 Å². The van der Waals surface area contributed by atoms with E-state index in [4.69, 9.17) is 9.15 Å². The Kier molecular flexibility index (Phi) is 5.09. The average Bonchev–Trinajstić information content (AvgIpc) is 3.14. The van der Waals surface area contributed by atoms with Crippen LogP contribution >= 0.6 is 11.3 Å². The van der Waals surface area contributed by atoms with Crippen LogP contribution in [0.2, 0.25) is 0 Å². The first-order valence-electron chi connectivity index (χ1n) is 8.75. The van der Waals surface area contributed by atoms with Crippen LogP contribution in [0, 0.1) is 0 Å². The molecule has 8 heteroatoms. The van der Waals surface area contributed by atoms with E-state index in [1.165, 1.54) is 12.8 Å². The lowest BCUT2D eigenvalue weighted by molar-refractivity contribution is -0.122. The second-order valence-electron chi connectivity index (χ2n) is 6.54. The van der Waals surface area contributed by atoms with E-state index in [1.807, 2.05) is 16.8 Å². The van der Waals surface area contributed by atoms with Crippen molar-refractivity contribution in [3.05, 3.63) is 22.7 Å². The molecule has 1 aliphatic heterocycles. The number of carbonyl (C=O) groups excluding carboxylic acids is 1. The minimum atomic E-state index is -0.0116. The second-order valence-corrected chi connectivity index (χ2v) is 7.32. The molecule has 4 rings (SSSR count). The summed E-state index contributed by atoms with van der Waals surface area (Å²) in [6.07, 6.45) is 3.48.